The molecule has 2 aromatic carbocycles. The van der Waals surface area contributed by atoms with Crippen LogP contribution in [0.5, 0.6) is 11.5 Å². The summed E-state index contributed by atoms with van der Waals surface area (Å²) in [7, 11) is 0. The molecule has 1 heterocycles. The maximum Gasteiger partial charge on any atom is 0.122 e. The van der Waals surface area contributed by atoms with Crippen LogP contribution in [-0.4, -0.2) is 39.9 Å². The highest BCUT2D eigenvalue weighted by atomic mass is 35.5. The Hall–Kier alpha value is -2.50. The van der Waals surface area contributed by atoms with Gasteiger partial charge in [-0.3, -0.25) is 0 Å². The van der Waals surface area contributed by atoms with E-state index in [-0.39, 0.29) is 17.9 Å². The highest BCUT2D eigenvalue weighted by Gasteiger charge is 2.24. The van der Waals surface area contributed by atoms with E-state index in [1.807, 2.05) is 56.1 Å². The normalized spacial score (nSPS) is 12.0. The molecule has 0 aliphatic carbocycles. The second-order valence-corrected chi connectivity index (χ2v) is 8.56. The first-order valence-electron chi connectivity index (χ1n) is 11.6. The molecular weight excluding hydrogens is 436 g/mol. The molecule has 0 aliphatic heterocycles. The standard InChI is InChI=1S/C25H31ClN2O3.C2H6/c1-19-15-21(7-10-24(19)31-17-22(29)16-26)25(2,3)20-5-8-23(9-6-20)30-14-4-12-28-13-11-27-18-28;1-2/h5-11,13,15,18,22,29H,4,12,14,16-17H2,1-3H3;1-2H3. The Morgan fingerprint density at radius 2 is 1.76 bits per heavy atom. The number of aryl methyl sites for hydroxylation is 2. The maximum atomic E-state index is 9.61. The number of hydrogen-bond donors (Lipinski definition) is 1. The lowest BCUT2D eigenvalue weighted by molar-refractivity contribution is 0.125. The van der Waals surface area contributed by atoms with Gasteiger partial charge in [0.2, 0.25) is 0 Å². The molecule has 1 atom stereocenters. The number of hydrogen-bond acceptors (Lipinski definition) is 4. The van der Waals surface area contributed by atoms with Crippen molar-refractivity contribution in [1.29, 1.82) is 0 Å². The van der Waals surface area contributed by atoms with Crippen molar-refractivity contribution in [3.05, 3.63) is 77.9 Å². The molecule has 3 rings (SSSR count). The van der Waals surface area contributed by atoms with Gasteiger partial charge in [-0.25, -0.2) is 4.98 Å². The van der Waals surface area contributed by atoms with E-state index in [2.05, 4.69) is 43.1 Å². The van der Waals surface area contributed by atoms with Gasteiger partial charge in [0.05, 0.1) is 18.8 Å². The first-order valence-corrected chi connectivity index (χ1v) is 12.1. The van der Waals surface area contributed by atoms with E-state index in [1.165, 1.54) is 11.1 Å². The van der Waals surface area contributed by atoms with E-state index in [1.54, 1.807) is 6.20 Å². The van der Waals surface area contributed by atoms with Crippen molar-refractivity contribution in [1.82, 2.24) is 9.55 Å². The molecule has 6 heteroatoms. The van der Waals surface area contributed by atoms with Crippen LogP contribution in [0.4, 0.5) is 0 Å². The van der Waals surface area contributed by atoms with Gasteiger partial charge in [-0.1, -0.05) is 52.0 Å². The molecule has 0 bridgehead atoms. The number of rotatable bonds is 11. The molecule has 1 aromatic heterocycles. The van der Waals surface area contributed by atoms with Crippen molar-refractivity contribution in [3.63, 3.8) is 0 Å². The Bertz CT molecular complexity index is 941. The van der Waals surface area contributed by atoms with Gasteiger partial charge in [0.1, 0.15) is 24.2 Å². The molecule has 0 radical (unpaired) electrons. The zero-order chi connectivity index (χ0) is 24.3. The summed E-state index contributed by atoms with van der Waals surface area (Å²) in [5, 5.41) is 9.61. The van der Waals surface area contributed by atoms with Crippen LogP contribution < -0.4 is 9.47 Å². The van der Waals surface area contributed by atoms with Crippen molar-refractivity contribution >= 4 is 11.6 Å². The first kappa shape index (κ1) is 26.7. The fraction of sp³-hybridized carbons (Fsp3) is 0.444. The lowest BCUT2D eigenvalue weighted by Gasteiger charge is -2.27. The second kappa shape index (κ2) is 13.3. The van der Waals surface area contributed by atoms with Crippen molar-refractivity contribution in [2.75, 3.05) is 19.1 Å². The molecule has 5 nitrogen and oxygen atoms in total. The third-order valence-electron chi connectivity index (χ3n) is 5.47. The summed E-state index contributed by atoms with van der Waals surface area (Å²) in [6.07, 6.45) is 5.83. The number of aliphatic hydroxyl groups excluding tert-OH is 1. The molecule has 0 saturated heterocycles. The topological polar surface area (TPSA) is 56.5 Å². The Kier molecular flexibility index (Phi) is 10.8. The van der Waals surface area contributed by atoms with Crippen molar-refractivity contribution in [2.24, 2.45) is 0 Å². The van der Waals surface area contributed by atoms with Crippen molar-refractivity contribution in [2.45, 2.75) is 59.1 Å². The number of aromatic nitrogens is 2. The number of aliphatic hydroxyl groups is 1. The van der Waals surface area contributed by atoms with Gasteiger partial charge in [0.25, 0.3) is 0 Å². The molecule has 0 amide bonds. The van der Waals surface area contributed by atoms with Crippen LogP contribution in [-0.2, 0) is 12.0 Å². The fourth-order valence-corrected chi connectivity index (χ4v) is 3.51. The lowest BCUT2D eigenvalue weighted by atomic mass is 9.77. The van der Waals surface area contributed by atoms with E-state index in [9.17, 15) is 5.11 Å². The molecular formula is C27H37ClN2O3. The van der Waals surface area contributed by atoms with E-state index in [0.29, 0.717) is 6.61 Å². The number of benzene rings is 2. The highest BCUT2D eigenvalue weighted by Crippen LogP contribution is 2.34. The Morgan fingerprint density at radius 1 is 1.06 bits per heavy atom. The zero-order valence-corrected chi connectivity index (χ0v) is 21.2. The van der Waals surface area contributed by atoms with E-state index < -0.39 is 6.10 Å². The molecule has 0 spiro atoms. The zero-order valence-electron chi connectivity index (χ0n) is 20.4. The number of halogens is 1. The lowest BCUT2D eigenvalue weighted by Crippen LogP contribution is -2.20. The summed E-state index contributed by atoms with van der Waals surface area (Å²) >= 11 is 5.64. The van der Waals surface area contributed by atoms with Crippen LogP contribution in [0.15, 0.2) is 61.2 Å². The molecule has 0 fully saturated rings. The summed E-state index contributed by atoms with van der Waals surface area (Å²) in [6, 6.07) is 14.5. The first-order chi connectivity index (χ1) is 15.9. The van der Waals surface area contributed by atoms with Gasteiger partial charge in [0, 0.05) is 24.4 Å². The number of ether oxygens (including phenoxy) is 2. The van der Waals surface area contributed by atoms with Gasteiger partial charge in [-0.15, -0.1) is 11.6 Å². The number of nitrogens with zero attached hydrogens (tertiary/aromatic N) is 2. The van der Waals surface area contributed by atoms with Crippen molar-refractivity contribution in [3.8, 4) is 11.5 Å². The van der Waals surface area contributed by atoms with E-state index >= 15 is 0 Å². The minimum atomic E-state index is -0.663. The third kappa shape index (κ3) is 7.79. The van der Waals surface area contributed by atoms with Gasteiger partial charge >= 0.3 is 0 Å². The van der Waals surface area contributed by atoms with Crippen molar-refractivity contribution < 1.29 is 14.6 Å². The number of imidazole rings is 1. The summed E-state index contributed by atoms with van der Waals surface area (Å²) in [6.45, 7) is 12.2. The third-order valence-corrected chi connectivity index (χ3v) is 5.83. The number of alkyl halides is 1. The van der Waals surface area contributed by atoms with Crippen LogP contribution in [0.2, 0.25) is 0 Å². The molecule has 0 saturated carbocycles. The molecule has 1 N–H and O–H groups in total. The Morgan fingerprint density at radius 3 is 2.36 bits per heavy atom. The van der Waals surface area contributed by atoms with Crippen LogP contribution >= 0.6 is 11.6 Å². The van der Waals surface area contributed by atoms with Gasteiger partial charge in [-0.05, 0) is 48.2 Å². The SMILES string of the molecule is CC.Cc1cc(C(C)(C)c2ccc(OCCCn3ccnc3)cc2)ccc1OCC(O)CCl. The molecule has 3 aromatic rings. The van der Waals surface area contributed by atoms with Gasteiger partial charge in [0.15, 0.2) is 0 Å². The van der Waals surface area contributed by atoms with Crippen LogP contribution in [0, 0.1) is 6.92 Å². The maximum absolute atomic E-state index is 9.61. The van der Waals surface area contributed by atoms with Crippen LogP contribution in [0.25, 0.3) is 0 Å². The summed E-state index contributed by atoms with van der Waals surface area (Å²) in [5.74, 6) is 1.81. The smallest absolute Gasteiger partial charge is 0.122 e. The van der Waals surface area contributed by atoms with Gasteiger partial charge < -0.3 is 19.1 Å². The van der Waals surface area contributed by atoms with Crippen LogP contribution in [0.1, 0.15) is 50.8 Å². The predicted molar refractivity (Wildman–Crippen MR) is 136 cm³/mol. The predicted octanol–water partition coefficient (Wildman–Crippen LogP) is 5.99. The fourth-order valence-electron chi connectivity index (χ4n) is 3.42. The largest absolute Gasteiger partial charge is 0.494 e. The molecule has 0 aliphatic rings. The average Bonchev–Trinajstić information content (AvgIpc) is 3.36. The monoisotopic (exact) mass is 472 g/mol. The minimum Gasteiger partial charge on any atom is -0.494 e. The Labute approximate surface area is 203 Å². The Balaban J connectivity index is 0.00000187. The summed E-state index contributed by atoms with van der Waals surface area (Å²) in [5.41, 5.74) is 3.28. The molecule has 33 heavy (non-hydrogen) atoms. The van der Waals surface area contributed by atoms with E-state index in [0.717, 1.165) is 30.0 Å². The second-order valence-electron chi connectivity index (χ2n) is 8.25. The summed E-state index contributed by atoms with van der Waals surface area (Å²) < 4.78 is 13.6. The summed E-state index contributed by atoms with van der Waals surface area (Å²) in [4.78, 5) is 4.05. The minimum absolute atomic E-state index is 0.161. The molecule has 180 valence electrons. The quantitative estimate of drug-likeness (QED) is 0.275. The highest BCUT2D eigenvalue weighted by molar-refractivity contribution is 6.18. The van der Waals surface area contributed by atoms with E-state index in [4.69, 9.17) is 21.1 Å². The molecule has 1 unspecified atom stereocenters. The van der Waals surface area contributed by atoms with Gasteiger partial charge in [-0.2, -0.15) is 0 Å². The average molecular weight is 473 g/mol. The van der Waals surface area contributed by atoms with Crippen LogP contribution in [0.3, 0.4) is 0 Å².